The van der Waals surface area contributed by atoms with Crippen molar-refractivity contribution in [2.24, 2.45) is 4.99 Å². The number of benzene rings is 1. The second kappa shape index (κ2) is 11.5. The van der Waals surface area contributed by atoms with E-state index < -0.39 is 0 Å². The standard InChI is InChI=1S/C21H35N5.HI/c1-16(2)15-26-11-9-19(10-12-26)24-21(22-4)23-14-18-7-8-20(25(5)6)13-17(18)3;/h7-8,13,19H,1,9-12,14-15H2,2-6H3,(H2,22,23,24);1H. The molecule has 0 bridgehead atoms. The molecule has 2 rings (SSSR count). The van der Waals surface area contributed by atoms with Gasteiger partial charge in [0.2, 0.25) is 0 Å². The molecule has 0 aliphatic carbocycles. The molecule has 27 heavy (non-hydrogen) atoms. The molecule has 1 heterocycles. The molecule has 1 aromatic carbocycles. The number of piperidine rings is 1. The fourth-order valence-corrected chi connectivity index (χ4v) is 3.34. The van der Waals surface area contributed by atoms with E-state index in [9.17, 15) is 0 Å². The van der Waals surface area contributed by atoms with Gasteiger partial charge in [-0.1, -0.05) is 18.2 Å². The summed E-state index contributed by atoms with van der Waals surface area (Å²) in [5.74, 6) is 0.888. The van der Waals surface area contributed by atoms with Crippen LogP contribution in [0.15, 0.2) is 35.3 Å². The van der Waals surface area contributed by atoms with Gasteiger partial charge in [0, 0.05) is 59.1 Å². The first-order chi connectivity index (χ1) is 12.4. The van der Waals surface area contributed by atoms with E-state index in [1.54, 1.807) is 0 Å². The smallest absolute Gasteiger partial charge is 0.191 e. The summed E-state index contributed by atoms with van der Waals surface area (Å²) >= 11 is 0. The molecule has 1 saturated heterocycles. The molecular weight excluding hydrogens is 449 g/mol. The Morgan fingerprint density at radius 2 is 1.96 bits per heavy atom. The molecule has 1 aliphatic heterocycles. The highest BCUT2D eigenvalue weighted by Gasteiger charge is 2.19. The molecule has 0 atom stereocenters. The van der Waals surface area contributed by atoms with Crippen molar-refractivity contribution in [2.75, 3.05) is 45.7 Å². The summed E-state index contributed by atoms with van der Waals surface area (Å²) in [6, 6.07) is 7.07. The molecule has 0 amide bonds. The second-order valence-corrected chi connectivity index (χ2v) is 7.58. The maximum absolute atomic E-state index is 4.40. The summed E-state index contributed by atoms with van der Waals surface area (Å²) in [5, 5.41) is 7.04. The zero-order valence-corrected chi connectivity index (χ0v) is 19.8. The van der Waals surface area contributed by atoms with Crippen LogP contribution in [0.25, 0.3) is 0 Å². The highest BCUT2D eigenvalue weighted by Crippen LogP contribution is 2.17. The Morgan fingerprint density at radius 1 is 1.30 bits per heavy atom. The number of nitrogens with one attached hydrogen (secondary N) is 2. The lowest BCUT2D eigenvalue weighted by Crippen LogP contribution is -2.48. The summed E-state index contributed by atoms with van der Waals surface area (Å²) in [6.45, 7) is 12.3. The number of hydrogen-bond donors (Lipinski definition) is 2. The van der Waals surface area contributed by atoms with Crippen molar-refractivity contribution in [1.82, 2.24) is 15.5 Å². The Balaban J connectivity index is 0.00000364. The molecule has 1 fully saturated rings. The Hall–Kier alpha value is -1.28. The van der Waals surface area contributed by atoms with Crippen molar-refractivity contribution in [1.29, 1.82) is 0 Å². The number of halogens is 1. The summed E-state index contributed by atoms with van der Waals surface area (Å²) in [7, 11) is 5.98. The minimum atomic E-state index is 0. The maximum atomic E-state index is 4.40. The van der Waals surface area contributed by atoms with E-state index in [4.69, 9.17) is 0 Å². The van der Waals surface area contributed by atoms with Gasteiger partial charge in [0.25, 0.3) is 0 Å². The summed E-state index contributed by atoms with van der Waals surface area (Å²) < 4.78 is 0. The van der Waals surface area contributed by atoms with Gasteiger partial charge in [-0.3, -0.25) is 9.89 Å². The number of nitrogens with zero attached hydrogens (tertiary/aromatic N) is 3. The number of hydrogen-bond acceptors (Lipinski definition) is 3. The molecule has 0 radical (unpaired) electrons. The predicted octanol–water partition coefficient (Wildman–Crippen LogP) is 3.38. The van der Waals surface area contributed by atoms with Crippen LogP contribution in [0.5, 0.6) is 0 Å². The van der Waals surface area contributed by atoms with E-state index >= 15 is 0 Å². The van der Waals surface area contributed by atoms with Crippen LogP contribution in [0.1, 0.15) is 30.9 Å². The number of anilines is 1. The van der Waals surface area contributed by atoms with Crippen LogP contribution in [0.3, 0.4) is 0 Å². The third kappa shape index (κ3) is 7.70. The second-order valence-electron chi connectivity index (χ2n) is 7.58. The van der Waals surface area contributed by atoms with Crippen molar-refractivity contribution in [3.05, 3.63) is 41.5 Å². The lowest BCUT2D eigenvalue weighted by Gasteiger charge is -2.33. The van der Waals surface area contributed by atoms with Gasteiger partial charge in [0.15, 0.2) is 5.96 Å². The number of rotatable bonds is 6. The molecule has 0 saturated carbocycles. The Morgan fingerprint density at radius 3 is 2.48 bits per heavy atom. The fourth-order valence-electron chi connectivity index (χ4n) is 3.34. The number of likely N-dealkylation sites (tertiary alicyclic amines) is 1. The van der Waals surface area contributed by atoms with E-state index in [-0.39, 0.29) is 24.0 Å². The highest BCUT2D eigenvalue weighted by molar-refractivity contribution is 14.0. The normalized spacial score (nSPS) is 15.8. The quantitative estimate of drug-likeness (QED) is 0.281. The zero-order valence-electron chi connectivity index (χ0n) is 17.5. The van der Waals surface area contributed by atoms with Crippen molar-refractivity contribution in [3.8, 4) is 0 Å². The highest BCUT2D eigenvalue weighted by atomic mass is 127. The average Bonchev–Trinajstić information content (AvgIpc) is 2.60. The molecule has 1 aromatic rings. The molecule has 0 spiro atoms. The fraction of sp³-hybridized carbons (Fsp3) is 0.571. The van der Waals surface area contributed by atoms with Gasteiger partial charge in [-0.15, -0.1) is 24.0 Å². The third-order valence-electron chi connectivity index (χ3n) is 4.93. The zero-order chi connectivity index (χ0) is 19.1. The van der Waals surface area contributed by atoms with Crippen LogP contribution in [0.2, 0.25) is 0 Å². The molecule has 2 N–H and O–H groups in total. The van der Waals surface area contributed by atoms with Crippen LogP contribution in [-0.4, -0.2) is 57.7 Å². The molecule has 5 nitrogen and oxygen atoms in total. The van der Waals surface area contributed by atoms with Crippen LogP contribution in [0.4, 0.5) is 5.69 Å². The summed E-state index contributed by atoms with van der Waals surface area (Å²) in [6.07, 6.45) is 2.29. The number of aryl methyl sites for hydroxylation is 1. The first kappa shape index (κ1) is 23.8. The monoisotopic (exact) mass is 485 g/mol. The van der Waals surface area contributed by atoms with Crippen molar-refractivity contribution in [2.45, 2.75) is 39.3 Å². The minimum Gasteiger partial charge on any atom is -0.378 e. The lowest BCUT2D eigenvalue weighted by atomic mass is 10.0. The van der Waals surface area contributed by atoms with Gasteiger partial charge >= 0.3 is 0 Å². The maximum Gasteiger partial charge on any atom is 0.191 e. The average molecular weight is 485 g/mol. The van der Waals surface area contributed by atoms with Crippen LogP contribution in [0, 0.1) is 6.92 Å². The van der Waals surface area contributed by atoms with E-state index in [0.29, 0.717) is 6.04 Å². The van der Waals surface area contributed by atoms with Gasteiger partial charge in [0.1, 0.15) is 0 Å². The Bertz CT molecular complexity index is 633. The van der Waals surface area contributed by atoms with E-state index in [1.165, 1.54) is 22.4 Å². The molecule has 152 valence electrons. The number of guanidine groups is 1. The van der Waals surface area contributed by atoms with Gasteiger partial charge < -0.3 is 15.5 Å². The molecule has 0 unspecified atom stereocenters. The molecule has 0 aromatic heterocycles. The van der Waals surface area contributed by atoms with Crippen LogP contribution < -0.4 is 15.5 Å². The largest absolute Gasteiger partial charge is 0.378 e. The molecule has 6 heteroatoms. The first-order valence-electron chi connectivity index (χ1n) is 9.49. The van der Waals surface area contributed by atoms with Crippen molar-refractivity contribution < 1.29 is 0 Å². The van der Waals surface area contributed by atoms with E-state index in [1.807, 2.05) is 7.05 Å². The summed E-state index contributed by atoms with van der Waals surface area (Å²) in [5.41, 5.74) is 5.07. The minimum absolute atomic E-state index is 0. The first-order valence-corrected chi connectivity index (χ1v) is 9.49. The lowest BCUT2D eigenvalue weighted by molar-refractivity contribution is 0.221. The van der Waals surface area contributed by atoms with Gasteiger partial charge in [-0.2, -0.15) is 0 Å². The molecular formula is C21H36IN5. The van der Waals surface area contributed by atoms with Crippen molar-refractivity contribution in [3.63, 3.8) is 0 Å². The van der Waals surface area contributed by atoms with Crippen molar-refractivity contribution >= 4 is 35.6 Å². The van der Waals surface area contributed by atoms with E-state index in [0.717, 1.165) is 45.0 Å². The van der Waals surface area contributed by atoms with E-state index in [2.05, 4.69) is 78.1 Å². The van der Waals surface area contributed by atoms with Gasteiger partial charge in [0.05, 0.1) is 0 Å². The van der Waals surface area contributed by atoms with Gasteiger partial charge in [-0.05, 0) is 49.9 Å². The van der Waals surface area contributed by atoms with Gasteiger partial charge in [-0.25, -0.2) is 0 Å². The Labute approximate surface area is 182 Å². The predicted molar refractivity (Wildman–Crippen MR) is 129 cm³/mol. The van der Waals surface area contributed by atoms with Crippen LogP contribution in [-0.2, 0) is 6.54 Å². The number of aliphatic imine (C=N–C) groups is 1. The van der Waals surface area contributed by atoms with Crippen LogP contribution >= 0.6 is 24.0 Å². The molecule has 1 aliphatic rings. The SMILES string of the molecule is C=C(C)CN1CCC(NC(=NC)NCc2ccc(N(C)C)cc2C)CC1.I. The summed E-state index contributed by atoms with van der Waals surface area (Å²) in [4.78, 5) is 9.01. The third-order valence-corrected chi connectivity index (χ3v) is 4.93. The topological polar surface area (TPSA) is 42.9 Å². The Kier molecular flexibility index (Phi) is 10.2.